The Labute approximate surface area is 84.7 Å². The minimum atomic E-state index is 0.629. The van der Waals surface area contributed by atoms with Crippen molar-refractivity contribution in [2.45, 2.75) is 19.3 Å². The fourth-order valence-electron chi connectivity index (χ4n) is 2.03. The lowest BCUT2D eigenvalue weighted by Gasteiger charge is -2.13. The predicted molar refractivity (Wildman–Crippen MR) is 57.0 cm³/mol. The SMILES string of the molecule is Cn1cc(N)nc1CCN1CCCC1. The quantitative estimate of drug-likeness (QED) is 0.768. The number of aryl methyl sites for hydroxylation is 1. The highest BCUT2D eigenvalue weighted by molar-refractivity contribution is 5.25. The topological polar surface area (TPSA) is 47.1 Å². The Bertz CT molecular complexity index is 299. The largest absolute Gasteiger partial charge is 0.382 e. The van der Waals surface area contributed by atoms with E-state index in [1.54, 1.807) is 0 Å². The molecule has 1 aromatic rings. The fraction of sp³-hybridized carbons (Fsp3) is 0.700. The second-order valence-electron chi connectivity index (χ2n) is 3.99. The molecule has 1 aliphatic rings. The molecule has 0 unspecified atom stereocenters. The summed E-state index contributed by atoms with van der Waals surface area (Å²) < 4.78 is 2.02. The van der Waals surface area contributed by atoms with Crippen LogP contribution in [0.4, 0.5) is 5.82 Å². The van der Waals surface area contributed by atoms with E-state index in [2.05, 4.69) is 9.88 Å². The van der Waals surface area contributed by atoms with Gasteiger partial charge in [-0.05, 0) is 25.9 Å². The molecule has 78 valence electrons. The van der Waals surface area contributed by atoms with E-state index in [4.69, 9.17) is 5.73 Å². The third-order valence-corrected chi connectivity index (χ3v) is 2.84. The zero-order valence-electron chi connectivity index (χ0n) is 8.74. The molecule has 2 rings (SSSR count). The first-order valence-electron chi connectivity index (χ1n) is 5.26. The van der Waals surface area contributed by atoms with Gasteiger partial charge in [0.25, 0.3) is 0 Å². The third-order valence-electron chi connectivity index (χ3n) is 2.84. The number of hydrogen-bond acceptors (Lipinski definition) is 3. The number of likely N-dealkylation sites (tertiary alicyclic amines) is 1. The Balaban J connectivity index is 1.87. The molecule has 4 heteroatoms. The average Bonchev–Trinajstić information content (AvgIpc) is 2.72. The lowest BCUT2D eigenvalue weighted by atomic mass is 10.4. The first kappa shape index (κ1) is 9.52. The highest BCUT2D eigenvalue weighted by Gasteiger charge is 2.12. The van der Waals surface area contributed by atoms with Crippen LogP contribution in [0.5, 0.6) is 0 Å². The van der Waals surface area contributed by atoms with Gasteiger partial charge in [-0.3, -0.25) is 0 Å². The zero-order chi connectivity index (χ0) is 9.97. The zero-order valence-corrected chi connectivity index (χ0v) is 8.74. The van der Waals surface area contributed by atoms with Crippen molar-refractivity contribution in [2.75, 3.05) is 25.4 Å². The maximum Gasteiger partial charge on any atom is 0.141 e. The van der Waals surface area contributed by atoms with Gasteiger partial charge in [-0.1, -0.05) is 0 Å². The maximum atomic E-state index is 5.62. The van der Waals surface area contributed by atoms with Gasteiger partial charge in [0.1, 0.15) is 11.6 Å². The molecule has 0 radical (unpaired) electrons. The van der Waals surface area contributed by atoms with Crippen LogP contribution in [0.25, 0.3) is 0 Å². The Kier molecular flexibility index (Phi) is 2.72. The molecule has 1 saturated heterocycles. The van der Waals surface area contributed by atoms with Crippen molar-refractivity contribution in [3.05, 3.63) is 12.0 Å². The summed E-state index contributed by atoms with van der Waals surface area (Å²) in [5.41, 5.74) is 5.62. The molecule has 0 amide bonds. The fourth-order valence-corrected chi connectivity index (χ4v) is 2.03. The molecule has 0 bridgehead atoms. The van der Waals surface area contributed by atoms with E-state index in [9.17, 15) is 0 Å². The van der Waals surface area contributed by atoms with Crippen LogP contribution >= 0.6 is 0 Å². The monoisotopic (exact) mass is 194 g/mol. The van der Waals surface area contributed by atoms with E-state index >= 15 is 0 Å². The average molecular weight is 194 g/mol. The van der Waals surface area contributed by atoms with Crippen molar-refractivity contribution < 1.29 is 0 Å². The molecule has 1 fully saturated rings. The van der Waals surface area contributed by atoms with Crippen molar-refractivity contribution in [3.8, 4) is 0 Å². The summed E-state index contributed by atoms with van der Waals surface area (Å²) >= 11 is 0. The number of anilines is 1. The molecular formula is C10H18N4. The first-order chi connectivity index (χ1) is 6.75. The van der Waals surface area contributed by atoms with E-state index in [1.807, 2.05) is 17.8 Å². The molecule has 2 heterocycles. The molecule has 0 saturated carbocycles. The van der Waals surface area contributed by atoms with E-state index in [1.165, 1.54) is 25.9 Å². The van der Waals surface area contributed by atoms with Crippen LogP contribution in [-0.2, 0) is 13.5 Å². The summed E-state index contributed by atoms with van der Waals surface area (Å²) in [5, 5.41) is 0. The minimum Gasteiger partial charge on any atom is -0.382 e. The lowest BCUT2D eigenvalue weighted by Crippen LogP contribution is -2.22. The molecule has 0 aromatic carbocycles. The van der Waals surface area contributed by atoms with Gasteiger partial charge in [-0.2, -0.15) is 0 Å². The standard InChI is InChI=1S/C10H18N4/c1-13-8-9(11)12-10(13)4-7-14-5-2-3-6-14/h8H,2-7,11H2,1H3. The number of imidazole rings is 1. The number of hydrogen-bond donors (Lipinski definition) is 1. The van der Waals surface area contributed by atoms with E-state index in [0.29, 0.717) is 5.82 Å². The Morgan fingerprint density at radius 1 is 1.43 bits per heavy atom. The van der Waals surface area contributed by atoms with Crippen LogP contribution in [0, 0.1) is 0 Å². The van der Waals surface area contributed by atoms with Crippen molar-refractivity contribution in [1.82, 2.24) is 14.5 Å². The van der Waals surface area contributed by atoms with E-state index < -0.39 is 0 Å². The maximum absolute atomic E-state index is 5.62. The van der Waals surface area contributed by atoms with Gasteiger partial charge < -0.3 is 15.2 Å². The smallest absolute Gasteiger partial charge is 0.141 e. The van der Waals surface area contributed by atoms with Gasteiger partial charge in [0.05, 0.1) is 0 Å². The number of nitrogens with two attached hydrogens (primary N) is 1. The number of nitrogens with zero attached hydrogens (tertiary/aromatic N) is 3. The van der Waals surface area contributed by atoms with Crippen LogP contribution in [0.1, 0.15) is 18.7 Å². The Hall–Kier alpha value is -1.03. The van der Waals surface area contributed by atoms with Crippen molar-refractivity contribution in [3.63, 3.8) is 0 Å². The second-order valence-corrected chi connectivity index (χ2v) is 3.99. The van der Waals surface area contributed by atoms with Crippen molar-refractivity contribution in [2.24, 2.45) is 7.05 Å². The molecule has 0 aliphatic carbocycles. The molecule has 1 aliphatic heterocycles. The van der Waals surface area contributed by atoms with Crippen molar-refractivity contribution >= 4 is 5.82 Å². The van der Waals surface area contributed by atoms with Crippen LogP contribution in [0.2, 0.25) is 0 Å². The lowest BCUT2D eigenvalue weighted by molar-refractivity contribution is 0.339. The van der Waals surface area contributed by atoms with Crippen LogP contribution in [0.15, 0.2) is 6.20 Å². The van der Waals surface area contributed by atoms with Crippen molar-refractivity contribution in [1.29, 1.82) is 0 Å². The third kappa shape index (κ3) is 2.07. The highest BCUT2D eigenvalue weighted by Crippen LogP contribution is 2.09. The summed E-state index contributed by atoms with van der Waals surface area (Å²) in [6.45, 7) is 3.62. The summed E-state index contributed by atoms with van der Waals surface area (Å²) in [6, 6.07) is 0. The van der Waals surface area contributed by atoms with Gasteiger partial charge in [0, 0.05) is 26.2 Å². The second kappa shape index (κ2) is 4.00. The first-order valence-corrected chi connectivity index (χ1v) is 5.26. The summed E-state index contributed by atoms with van der Waals surface area (Å²) in [7, 11) is 2.00. The van der Waals surface area contributed by atoms with Crippen LogP contribution < -0.4 is 5.73 Å². The van der Waals surface area contributed by atoms with Gasteiger partial charge in [-0.15, -0.1) is 0 Å². The number of nitrogen functional groups attached to an aromatic ring is 1. The molecule has 2 N–H and O–H groups in total. The molecule has 0 atom stereocenters. The molecular weight excluding hydrogens is 176 g/mol. The number of aromatic nitrogens is 2. The van der Waals surface area contributed by atoms with Gasteiger partial charge in [0.15, 0.2) is 0 Å². The van der Waals surface area contributed by atoms with E-state index in [-0.39, 0.29) is 0 Å². The normalized spacial score (nSPS) is 17.8. The highest BCUT2D eigenvalue weighted by atomic mass is 15.1. The van der Waals surface area contributed by atoms with Gasteiger partial charge in [0.2, 0.25) is 0 Å². The summed E-state index contributed by atoms with van der Waals surface area (Å²) in [4.78, 5) is 6.78. The van der Waals surface area contributed by atoms with Crippen LogP contribution in [-0.4, -0.2) is 34.1 Å². The molecule has 4 nitrogen and oxygen atoms in total. The predicted octanol–water partition coefficient (Wildman–Crippen LogP) is 0.641. The molecule has 0 spiro atoms. The number of rotatable bonds is 3. The minimum absolute atomic E-state index is 0.629. The molecule has 1 aromatic heterocycles. The van der Waals surface area contributed by atoms with Gasteiger partial charge >= 0.3 is 0 Å². The molecule has 14 heavy (non-hydrogen) atoms. The Morgan fingerprint density at radius 2 is 2.14 bits per heavy atom. The summed E-state index contributed by atoms with van der Waals surface area (Å²) in [5.74, 6) is 1.72. The van der Waals surface area contributed by atoms with Crippen LogP contribution in [0.3, 0.4) is 0 Å². The Morgan fingerprint density at radius 3 is 2.71 bits per heavy atom. The van der Waals surface area contributed by atoms with E-state index in [0.717, 1.165) is 18.8 Å². The summed E-state index contributed by atoms with van der Waals surface area (Å²) in [6.07, 6.45) is 5.58. The van der Waals surface area contributed by atoms with Gasteiger partial charge in [-0.25, -0.2) is 4.98 Å².